The van der Waals surface area contributed by atoms with Gasteiger partial charge in [0.05, 0.1) is 0 Å². The van der Waals surface area contributed by atoms with Gasteiger partial charge in [-0.1, -0.05) is 87.0 Å². The summed E-state index contributed by atoms with van der Waals surface area (Å²) in [6.07, 6.45) is 1.91. The highest BCUT2D eigenvalue weighted by Crippen LogP contribution is 2.37. The number of hydrogen-bond acceptors (Lipinski definition) is 0. The van der Waals surface area contributed by atoms with E-state index in [1.807, 2.05) is 18.2 Å². The lowest BCUT2D eigenvalue weighted by Gasteiger charge is -2.14. The largest absolute Gasteiger partial charge is 0.0984 e. The lowest BCUT2D eigenvalue weighted by atomic mass is 9.90. The number of benzene rings is 3. The Kier molecular flexibility index (Phi) is 4.60. The van der Waals surface area contributed by atoms with Crippen molar-refractivity contribution in [2.24, 2.45) is 0 Å². The van der Waals surface area contributed by atoms with Crippen LogP contribution in [-0.4, -0.2) is 0 Å². The summed E-state index contributed by atoms with van der Waals surface area (Å²) in [5, 5.41) is 0. The fourth-order valence-electron chi connectivity index (χ4n) is 2.60. The second kappa shape index (κ2) is 6.64. The summed E-state index contributed by atoms with van der Waals surface area (Å²) < 4.78 is 2.15. The standard InChI is InChI=1S/C20H14Br2/c1-2-14-6-5-11-19(15-7-3-9-17(21)12-15)20(14)16-8-4-10-18(22)13-16/h2-13H,1H2. The van der Waals surface area contributed by atoms with Crippen LogP contribution in [0, 0.1) is 0 Å². The number of halogens is 2. The number of hydrogen-bond donors (Lipinski definition) is 0. The summed E-state index contributed by atoms with van der Waals surface area (Å²) in [5.41, 5.74) is 5.91. The van der Waals surface area contributed by atoms with Gasteiger partial charge in [0.2, 0.25) is 0 Å². The van der Waals surface area contributed by atoms with Crippen molar-refractivity contribution in [3.63, 3.8) is 0 Å². The van der Waals surface area contributed by atoms with E-state index in [-0.39, 0.29) is 0 Å². The Bertz CT molecular complexity index is 835. The van der Waals surface area contributed by atoms with E-state index in [0.717, 1.165) is 14.5 Å². The second-order valence-corrected chi connectivity index (χ2v) is 6.83. The predicted octanol–water partition coefficient (Wildman–Crippen LogP) is 7.19. The van der Waals surface area contributed by atoms with Gasteiger partial charge in [-0.2, -0.15) is 0 Å². The molecule has 0 N–H and O–H groups in total. The van der Waals surface area contributed by atoms with Crippen LogP contribution >= 0.6 is 31.9 Å². The molecule has 22 heavy (non-hydrogen) atoms. The molecule has 3 aromatic rings. The fraction of sp³-hybridized carbons (Fsp3) is 0. The van der Waals surface area contributed by atoms with E-state index in [9.17, 15) is 0 Å². The molecule has 0 nitrogen and oxygen atoms in total. The van der Waals surface area contributed by atoms with Crippen molar-refractivity contribution in [3.05, 3.63) is 87.8 Å². The maximum Gasteiger partial charge on any atom is 0.0181 e. The first-order chi connectivity index (χ1) is 10.7. The summed E-state index contributed by atoms with van der Waals surface area (Å²) in [7, 11) is 0. The maximum atomic E-state index is 3.97. The summed E-state index contributed by atoms with van der Waals surface area (Å²) in [6, 6.07) is 23.1. The molecule has 0 saturated carbocycles. The Morgan fingerprint density at radius 1 is 0.727 bits per heavy atom. The highest BCUT2D eigenvalue weighted by molar-refractivity contribution is 9.10. The third-order valence-electron chi connectivity index (χ3n) is 3.57. The average Bonchev–Trinajstić information content (AvgIpc) is 2.54. The van der Waals surface area contributed by atoms with Crippen LogP contribution in [0.3, 0.4) is 0 Å². The first-order valence-corrected chi connectivity index (χ1v) is 8.55. The average molecular weight is 414 g/mol. The van der Waals surface area contributed by atoms with Crippen molar-refractivity contribution in [1.82, 2.24) is 0 Å². The van der Waals surface area contributed by atoms with Crippen LogP contribution < -0.4 is 0 Å². The SMILES string of the molecule is C=Cc1cccc(-c2cccc(Br)c2)c1-c1cccc(Br)c1. The molecule has 0 fully saturated rings. The lowest BCUT2D eigenvalue weighted by molar-refractivity contribution is 1.54. The van der Waals surface area contributed by atoms with E-state index in [4.69, 9.17) is 0 Å². The predicted molar refractivity (Wildman–Crippen MR) is 103 cm³/mol. The molecular formula is C20H14Br2. The van der Waals surface area contributed by atoms with Crippen molar-refractivity contribution in [2.45, 2.75) is 0 Å². The van der Waals surface area contributed by atoms with Crippen LogP contribution in [-0.2, 0) is 0 Å². The monoisotopic (exact) mass is 412 g/mol. The topological polar surface area (TPSA) is 0 Å². The lowest BCUT2D eigenvalue weighted by Crippen LogP contribution is -1.89. The van der Waals surface area contributed by atoms with Crippen LogP contribution in [0.4, 0.5) is 0 Å². The van der Waals surface area contributed by atoms with Gasteiger partial charge in [-0.05, 0) is 52.1 Å². The summed E-state index contributed by atoms with van der Waals surface area (Å²) in [5.74, 6) is 0. The van der Waals surface area contributed by atoms with Crippen LogP contribution in [0.5, 0.6) is 0 Å². The molecule has 0 saturated heterocycles. The van der Waals surface area contributed by atoms with Gasteiger partial charge in [-0.25, -0.2) is 0 Å². The van der Waals surface area contributed by atoms with Gasteiger partial charge in [-0.15, -0.1) is 0 Å². The normalized spacial score (nSPS) is 10.5. The third kappa shape index (κ3) is 3.08. The van der Waals surface area contributed by atoms with Crippen molar-refractivity contribution >= 4 is 37.9 Å². The molecule has 3 aromatic carbocycles. The van der Waals surface area contributed by atoms with Crippen molar-refractivity contribution in [2.75, 3.05) is 0 Å². The first-order valence-electron chi connectivity index (χ1n) is 6.96. The Morgan fingerprint density at radius 3 is 1.95 bits per heavy atom. The number of rotatable bonds is 3. The van der Waals surface area contributed by atoms with Gasteiger partial charge < -0.3 is 0 Å². The van der Waals surface area contributed by atoms with Crippen molar-refractivity contribution in [3.8, 4) is 22.3 Å². The molecule has 3 rings (SSSR count). The van der Waals surface area contributed by atoms with E-state index in [2.05, 4.69) is 93.0 Å². The van der Waals surface area contributed by atoms with E-state index >= 15 is 0 Å². The molecule has 0 heterocycles. The minimum Gasteiger partial charge on any atom is -0.0984 e. The summed E-state index contributed by atoms with van der Waals surface area (Å²) in [6.45, 7) is 3.97. The summed E-state index contributed by atoms with van der Waals surface area (Å²) >= 11 is 7.12. The van der Waals surface area contributed by atoms with Crippen LogP contribution in [0.15, 0.2) is 82.3 Å². The van der Waals surface area contributed by atoms with Crippen LogP contribution in [0.2, 0.25) is 0 Å². The zero-order valence-corrected chi connectivity index (χ0v) is 15.1. The maximum absolute atomic E-state index is 3.97. The van der Waals surface area contributed by atoms with Crippen LogP contribution in [0.1, 0.15) is 5.56 Å². The molecule has 0 aliphatic heterocycles. The van der Waals surface area contributed by atoms with E-state index < -0.39 is 0 Å². The molecule has 2 heteroatoms. The quantitative estimate of drug-likeness (QED) is 0.426. The smallest absolute Gasteiger partial charge is 0.0181 e. The third-order valence-corrected chi connectivity index (χ3v) is 4.55. The fourth-order valence-corrected chi connectivity index (χ4v) is 3.40. The van der Waals surface area contributed by atoms with Gasteiger partial charge in [0.1, 0.15) is 0 Å². The molecular weight excluding hydrogens is 400 g/mol. The van der Waals surface area contributed by atoms with Gasteiger partial charge in [0.15, 0.2) is 0 Å². The zero-order chi connectivity index (χ0) is 15.5. The van der Waals surface area contributed by atoms with E-state index in [1.54, 1.807) is 0 Å². The molecule has 0 aromatic heterocycles. The zero-order valence-electron chi connectivity index (χ0n) is 11.9. The van der Waals surface area contributed by atoms with Gasteiger partial charge in [0.25, 0.3) is 0 Å². The molecule has 0 atom stereocenters. The van der Waals surface area contributed by atoms with Gasteiger partial charge in [-0.3, -0.25) is 0 Å². The van der Waals surface area contributed by atoms with Crippen molar-refractivity contribution in [1.29, 1.82) is 0 Å². The van der Waals surface area contributed by atoms with E-state index in [1.165, 1.54) is 22.3 Å². The molecule has 0 radical (unpaired) electrons. The van der Waals surface area contributed by atoms with Gasteiger partial charge in [0, 0.05) is 8.95 Å². The molecule has 0 aliphatic carbocycles. The van der Waals surface area contributed by atoms with E-state index in [0.29, 0.717) is 0 Å². The molecule has 0 bridgehead atoms. The Morgan fingerprint density at radius 2 is 1.32 bits per heavy atom. The van der Waals surface area contributed by atoms with Crippen LogP contribution in [0.25, 0.3) is 28.3 Å². The Balaban J connectivity index is 2.30. The molecule has 108 valence electrons. The molecule has 0 aliphatic rings. The van der Waals surface area contributed by atoms with Crippen molar-refractivity contribution < 1.29 is 0 Å². The minimum atomic E-state index is 1.07. The molecule has 0 spiro atoms. The second-order valence-electron chi connectivity index (χ2n) is 4.99. The van der Waals surface area contributed by atoms with Gasteiger partial charge >= 0.3 is 0 Å². The molecule has 0 unspecified atom stereocenters. The Labute approximate surface area is 147 Å². The summed E-state index contributed by atoms with van der Waals surface area (Å²) in [4.78, 5) is 0. The first kappa shape index (κ1) is 15.3. The highest BCUT2D eigenvalue weighted by Gasteiger charge is 2.11. The minimum absolute atomic E-state index is 1.07. The Hall–Kier alpha value is -1.64. The molecule has 0 amide bonds. The highest BCUT2D eigenvalue weighted by atomic mass is 79.9.